The van der Waals surface area contributed by atoms with E-state index in [0.717, 1.165) is 47.3 Å². The summed E-state index contributed by atoms with van der Waals surface area (Å²) in [7, 11) is 1.63. The molecule has 1 amide bonds. The van der Waals surface area contributed by atoms with Gasteiger partial charge in [0.25, 0.3) is 11.9 Å². The van der Waals surface area contributed by atoms with Gasteiger partial charge in [-0.3, -0.25) is 10.1 Å². The number of thiophene rings is 1. The van der Waals surface area contributed by atoms with E-state index in [1.807, 2.05) is 19.1 Å². The quantitative estimate of drug-likeness (QED) is 0.613. The van der Waals surface area contributed by atoms with Gasteiger partial charge in [-0.1, -0.05) is 5.10 Å². The maximum atomic E-state index is 12.8. The van der Waals surface area contributed by atoms with Crippen LogP contribution in [0.2, 0.25) is 0 Å². The predicted molar refractivity (Wildman–Crippen MR) is 102 cm³/mol. The number of carbonyl (C=O) groups is 1. The fourth-order valence-corrected chi connectivity index (χ4v) is 4.26. The zero-order valence-corrected chi connectivity index (χ0v) is 15.9. The third-order valence-corrected chi connectivity index (χ3v) is 5.61. The molecule has 1 fully saturated rings. The van der Waals surface area contributed by atoms with Crippen LogP contribution in [0.4, 0.5) is 5.95 Å². The number of amides is 1. The van der Waals surface area contributed by atoms with Crippen LogP contribution in [0.5, 0.6) is 11.5 Å². The van der Waals surface area contributed by atoms with Gasteiger partial charge in [-0.2, -0.15) is 5.21 Å². The molecule has 3 heterocycles. The van der Waals surface area contributed by atoms with E-state index in [1.165, 1.54) is 11.3 Å². The van der Waals surface area contributed by atoms with Gasteiger partial charge >= 0.3 is 0 Å². The van der Waals surface area contributed by atoms with Crippen molar-refractivity contribution >= 4 is 33.3 Å². The molecule has 0 saturated carbocycles. The van der Waals surface area contributed by atoms with Crippen LogP contribution in [0.25, 0.3) is 10.1 Å². The van der Waals surface area contributed by atoms with Gasteiger partial charge in [-0.25, -0.2) is 0 Å². The summed E-state index contributed by atoms with van der Waals surface area (Å²) in [6.45, 7) is 3.72. The van der Waals surface area contributed by atoms with Crippen LogP contribution < -0.4 is 20.1 Å². The average Bonchev–Trinajstić information content (AvgIpc) is 3.30. The molecule has 0 radical (unpaired) electrons. The number of ether oxygens (including phenoxy) is 2. The number of nitrogens with one attached hydrogen (secondary N) is 3. The molecule has 1 aromatic carbocycles. The van der Waals surface area contributed by atoms with Crippen LogP contribution in [0, 0.1) is 6.92 Å². The Morgan fingerprint density at radius 1 is 1.41 bits per heavy atom. The molecule has 1 atom stereocenters. The molecule has 3 N–H and O–H groups in total. The van der Waals surface area contributed by atoms with E-state index in [-0.39, 0.29) is 18.0 Å². The molecule has 142 valence electrons. The lowest BCUT2D eigenvalue weighted by atomic mass is 10.1. The van der Waals surface area contributed by atoms with Gasteiger partial charge in [0.1, 0.15) is 16.7 Å². The normalized spacial score (nSPS) is 17.0. The lowest BCUT2D eigenvalue weighted by Gasteiger charge is -2.24. The Hall–Kier alpha value is -2.72. The van der Waals surface area contributed by atoms with Crippen molar-refractivity contribution in [1.82, 2.24) is 25.9 Å². The van der Waals surface area contributed by atoms with Gasteiger partial charge in [0.05, 0.1) is 7.11 Å². The maximum Gasteiger partial charge on any atom is 0.272 e. The van der Waals surface area contributed by atoms with E-state index in [4.69, 9.17) is 9.47 Å². The molecule has 1 saturated heterocycles. The van der Waals surface area contributed by atoms with Crippen LogP contribution in [0.3, 0.4) is 0 Å². The number of anilines is 1. The molecular weight excluding hydrogens is 368 g/mol. The molecule has 0 aliphatic carbocycles. The number of H-pyrrole nitrogens is 1. The largest absolute Gasteiger partial charge is 0.496 e. The monoisotopic (exact) mass is 388 g/mol. The summed E-state index contributed by atoms with van der Waals surface area (Å²) in [5.41, 5.74) is 1.00. The van der Waals surface area contributed by atoms with Crippen molar-refractivity contribution < 1.29 is 14.3 Å². The zero-order valence-electron chi connectivity index (χ0n) is 15.0. The molecule has 3 aromatic rings. The number of benzene rings is 1. The van der Waals surface area contributed by atoms with E-state index in [0.29, 0.717) is 10.6 Å². The van der Waals surface area contributed by atoms with Crippen LogP contribution in [0.1, 0.15) is 28.1 Å². The van der Waals surface area contributed by atoms with Crippen molar-refractivity contribution in [2.45, 2.75) is 25.9 Å². The smallest absolute Gasteiger partial charge is 0.272 e. The highest BCUT2D eigenvalue weighted by Gasteiger charge is 2.25. The molecule has 9 nitrogen and oxygen atoms in total. The van der Waals surface area contributed by atoms with Gasteiger partial charge in [-0.05, 0) is 49.2 Å². The summed E-state index contributed by atoms with van der Waals surface area (Å²) in [6, 6.07) is 3.94. The lowest BCUT2D eigenvalue weighted by molar-refractivity contribution is 0.102. The van der Waals surface area contributed by atoms with E-state index in [9.17, 15) is 4.79 Å². The van der Waals surface area contributed by atoms with Crippen molar-refractivity contribution in [1.29, 1.82) is 0 Å². The van der Waals surface area contributed by atoms with Crippen molar-refractivity contribution in [3.8, 4) is 11.5 Å². The molecule has 1 aliphatic rings. The summed E-state index contributed by atoms with van der Waals surface area (Å²) < 4.78 is 12.7. The molecule has 1 unspecified atom stereocenters. The van der Waals surface area contributed by atoms with Gasteiger partial charge in [0.15, 0.2) is 5.75 Å². The molecule has 0 spiro atoms. The number of piperidine rings is 1. The fourth-order valence-electron chi connectivity index (χ4n) is 3.15. The summed E-state index contributed by atoms with van der Waals surface area (Å²) in [6.07, 6.45) is 2.00. The standard InChI is InChI=1S/C17H20N6O3S/c1-9-6-13-11(7-12(9)25-2)14(26-10-4-3-5-18-8-10)15(27-13)16(24)19-17-20-22-23-21-17/h6-7,10,18H,3-5,8H2,1-2H3,(H2,19,20,21,22,23,24). The first-order chi connectivity index (χ1) is 13.2. The lowest BCUT2D eigenvalue weighted by Crippen LogP contribution is -2.37. The van der Waals surface area contributed by atoms with Crippen LogP contribution in [-0.2, 0) is 0 Å². The van der Waals surface area contributed by atoms with E-state index in [1.54, 1.807) is 7.11 Å². The topological polar surface area (TPSA) is 114 Å². The third kappa shape index (κ3) is 3.58. The van der Waals surface area contributed by atoms with Crippen LogP contribution >= 0.6 is 11.3 Å². The number of aromatic amines is 1. The molecule has 4 rings (SSSR count). The average molecular weight is 388 g/mol. The molecular formula is C17H20N6O3S. The number of hydrogen-bond acceptors (Lipinski definition) is 8. The number of hydrogen-bond donors (Lipinski definition) is 3. The summed E-state index contributed by atoms with van der Waals surface area (Å²) in [4.78, 5) is 13.3. The number of aromatic nitrogens is 4. The Kier molecular flexibility index (Phi) is 4.90. The second-order valence-electron chi connectivity index (χ2n) is 6.35. The minimum atomic E-state index is -0.326. The highest BCUT2D eigenvalue weighted by Crippen LogP contribution is 2.42. The second-order valence-corrected chi connectivity index (χ2v) is 7.41. The predicted octanol–water partition coefficient (Wildman–Crippen LogP) is 2.11. The number of carbonyl (C=O) groups excluding carboxylic acids is 1. The van der Waals surface area contributed by atoms with Crippen LogP contribution in [0.15, 0.2) is 12.1 Å². The fraction of sp³-hybridized carbons (Fsp3) is 0.412. The zero-order chi connectivity index (χ0) is 18.8. The number of tetrazole rings is 1. The Labute approximate surface area is 159 Å². The number of aryl methyl sites for hydroxylation is 1. The summed E-state index contributed by atoms with van der Waals surface area (Å²) in [5, 5.41) is 20.2. The van der Waals surface area contributed by atoms with Gasteiger partial charge < -0.3 is 14.8 Å². The Balaban J connectivity index is 1.75. The van der Waals surface area contributed by atoms with E-state index < -0.39 is 0 Å². The van der Waals surface area contributed by atoms with E-state index >= 15 is 0 Å². The first kappa shape index (κ1) is 17.7. The molecule has 27 heavy (non-hydrogen) atoms. The first-order valence-corrected chi connectivity index (χ1v) is 9.50. The number of rotatable bonds is 5. The first-order valence-electron chi connectivity index (χ1n) is 8.69. The Morgan fingerprint density at radius 3 is 3.00 bits per heavy atom. The minimum absolute atomic E-state index is 0.0144. The van der Waals surface area contributed by atoms with Crippen LogP contribution in [-0.4, -0.2) is 52.8 Å². The summed E-state index contributed by atoms with van der Waals surface area (Å²) >= 11 is 1.38. The van der Waals surface area contributed by atoms with Crippen molar-refractivity contribution in [2.75, 3.05) is 25.5 Å². The maximum absolute atomic E-state index is 12.8. The van der Waals surface area contributed by atoms with Gasteiger partial charge in [-0.15, -0.1) is 16.4 Å². The number of methoxy groups -OCH3 is 1. The third-order valence-electron chi connectivity index (χ3n) is 4.47. The SMILES string of the molecule is COc1cc2c(OC3CCCNC3)c(C(=O)Nc3nn[nH]n3)sc2cc1C. The van der Waals surface area contributed by atoms with Crippen molar-refractivity contribution in [2.24, 2.45) is 0 Å². The molecule has 10 heteroatoms. The Bertz CT molecular complexity index is 949. The molecule has 1 aliphatic heterocycles. The highest BCUT2D eigenvalue weighted by molar-refractivity contribution is 7.21. The Morgan fingerprint density at radius 2 is 2.30 bits per heavy atom. The van der Waals surface area contributed by atoms with E-state index in [2.05, 4.69) is 31.3 Å². The number of fused-ring (bicyclic) bond motifs is 1. The van der Waals surface area contributed by atoms with Gasteiger partial charge in [0, 0.05) is 16.6 Å². The summed E-state index contributed by atoms with van der Waals surface area (Å²) in [5.74, 6) is 1.13. The highest BCUT2D eigenvalue weighted by atomic mass is 32.1. The second kappa shape index (κ2) is 7.49. The van der Waals surface area contributed by atoms with Gasteiger partial charge in [0.2, 0.25) is 0 Å². The molecule has 2 aromatic heterocycles. The van der Waals surface area contributed by atoms with Crippen molar-refractivity contribution in [3.05, 3.63) is 22.6 Å². The van der Waals surface area contributed by atoms with Crippen molar-refractivity contribution in [3.63, 3.8) is 0 Å². The minimum Gasteiger partial charge on any atom is -0.496 e. The number of nitrogens with zero attached hydrogens (tertiary/aromatic N) is 3. The molecule has 0 bridgehead atoms.